The molecule has 3 aromatic rings. The molecule has 0 bridgehead atoms. The topological polar surface area (TPSA) is 153 Å². The Hall–Kier alpha value is -4.03. The summed E-state index contributed by atoms with van der Waals surface area (Å²) >= 11 is 0. The number of nitrogens with one attached hydrogen (secondary N) is 2. The van der Waals surface area contributed by atoms with Crippen molar-refractivity contribution in [3.63, 3.8) is 0 Å². The number of anilines is 2. The Morgan fingerprint density at radius 2 is 1.77 bits per heavy atom. The average molecular weight is 609 g/mol. The van der Waals surface area contributed by atoms with Crippen molar-refractivity contribution in [2.24, 2.45) is 0 Å². The van der Waals surface area contributed by atoms with Crippen LogP contribution in [0.15, 0.2) is 67.0 Å². The van der Waals surface area contributed by atoms with Crippen LogP contribution < -0.4 is 15.7 Å². The summed E-state index contributed by atoms with van der Waals surface area (Å²) in [6, 6.07) is 14.9. The number of pyridine rings is 1. The number of ether oxygens (including phenoxy) is 1. The van der Waals surface area contributed by atoms with Gasteiger partial charge in [-0.1, -0.05) is 31.0 Å². The van der Waals surface area contributed by atoms with Gasteiger partial charge >= 0.3 is 12.0 Å². The molecule has 2 amide bonds. The van der Waals surface area contributed by atoms with E-state index in [2.05, 4.69) is 15.6 Å². The van der Waals surface area contributed by atoms with Crippen LogP contribution in [0.25, 0.3) is 0 Å². The minimum absolute atomic E-state index is 0.0264. The summed E-state index contributed by atoms with van der Waals surface area (Å²) in [4.78, 5) is 33.6. The zero-order chi connectivity index (χ0) is 31.6. The van der Waals surface area contributed by atoms with E-state index in [0.29, 0.717) is 35.7 Å². The van der Waals surface area contributed by atoms with Crippen LogP contribution in [0.5, 0.6) is 5.75 Å². The van der Waals surface area contributed by atoms with E-state index in [-0.39, 0.29) is 12.4 Å². The molecule has 1 atom stereocenters. The third kappa shape index (κ3) is 12.3. The number of rotatable bonds is 18. The lowest BCUT2D eigenvalue weighted by Crippen LogP contribution is -2.36. The number of nitrogens with zero attached hydrogens (tertiary/aromatic N) is 2. The zero-order valence-electron chi connectivity index (χ0n) is 25.3. The molecule has 0 aliphatic rings. The molecule has 1 aromatic heterocycles. The lowest BCUT2D eigenvalue weighted by atomic mass is 10.1. The molecule has 0 fully saturated rings. The first kappa shape index (κ1) is 34.5. The maximum absolute atomic E-state index is 12.8. The van der Waals surface area contributed by atoms with Crippen LogP contribution >= 0.6 is 0 Å². The van der Waals surface area contributed by atoms with Crippen LogP contribution in [-0.4, -0.2) is 58.6 Å². The second-order valence-electron chi connectivity index (χ2n) is 10.5. The highest BCUT2D eigenvalue weighted by molar-refractivity contribution is 6.01. The van der Waals surface area contributed by atoms with Crippen LogP contribution in [0.1, 0.15) is 68.2 Å². The Balaban J connectivity index is 1.25. The summed E-state index contributed by atoms with van der Waals surface area (Å²) in [5.41, 5.74) is 3.03. The van der Waals surface area contributed by atoms with Gasteiger partial charge in [0, 0.05) is 38.4 Å². The lowest BCUT2D eigenvalue weighted by molar-refractivity contribution is -0.141. The quantitative estimate of drug-likeness (QED) is 0.0990. The zero-order valence-corrected chi connectivity index (χ0v) is 25.3. The molecule has 1 heterocycles. The molecule has 5 N–H and O–H groups in total. The maximum Gasteiger partial charge on any atom is 0.359 e. The van der Waals surface area contributed by atoms with Crippen LogP contribution in [0.4, 0.5) is 16.2 Å². The Labute approximate surface area is 258 Å². The van der Waals surface area contributed by atoms with Crippen molar-refractivity contribution in [1.29, 1.82) is 0 Å². The van der Waals surface area contributed by atoms with Gasteiger partial charge in [-0.05, 0) is 86.2 Å². The fourth-order valence-corrected chi connectivity index (χ4v) is 4.53. The summed E-state index contributed by atoms with van der Waals surface area (Å²) in [6.07, 6.45) is 9.18. The predicted octanol–water partition coefficient (Wildman–Crippen LogP) is 5.02. The van der Waals surface area contributed by atoms with Crippen molar-refractivity contribution in [2.75, 3.05) is 36.7 Å². The highest BCUT2D eigenvalue weighted by Crippen LogP contribution is 2.22. The van der Waals surface area contributed by atoms with Gasteiger partial charge in [0.1, 0.15) is 5.75 Å². The van der Waals surface area contributed by atoms with Crippen molar-refractivity contribution < 1.29 is 34.5 Å². The Morgan fingerprint density at radius 1 is 0.977 bits per heavy atom. The van der Waals surface area contributed by atoms with E-state index in [1.807, 2.05) is 18.2 Å². The Morgan fingerprint density at radius 3 is 2.52 bits per heavy atom. The van der Waals surface area contributed by atoms with Gasteiger partial charge in [0.15, 0.2) is 0 Å². The molecule has 0 spiro atoms. The predicted molar refractivity (Wildman–Crippen MR) is 168 cm³/mol. The molecule has 44 heavy (non-hydrogen) atoms. The number of carbonyl (C=O) groups excluding carboxylic acids is 2. The largest absolute Gasteiger partial charge is 0.508 e. The summed E-state index contributed by atoms with van der Waals surface area (Å²) in [7, 11) is 0. The van der Waals surface area contributed by atoms with E-state index < -0.39 is 18.1 Å². The lowest BCUT2D eigenvalue weighted by Gasteiger charge is -2.21. The molecule has 0 aliphatic carbocycles. The molecule has 0 unspecified atom stereocenters. The fraction of sp³-hybridized carbons (Fsp3) is 0.424. The maximum atomic E-state index is 12.8. The number of carbonyl (C=O) groups is 2. The van der Waals surface area contributed by atoms with Crippen molar-refractivity contribution in [1.82, 2.24) is 10.3 Å². The number of aromatic hydroxyl groups is 1. The first-order valence-corrected chi connectivity index (χ1v) is 15.0. The number of aromatic nitrogens is 1. The molecule has 238 valence electrons. The Bertz CT molecular complexity index is 1290. The summed E-state index contributed by atoms with van der Waals surface area (Å²) in [5.74, 6) is -0.579. The number of aliphatic hydroxyl groups excluding tert-OH is 2. The highest BCUT2D eigenvalue weighted by Gasteiger charge is 2.20. The van der Waals surface area contributed by atoms with Crippen molar-refractivity contribution in [3.05, 3.63) is 83.7 Å². The highest BCUT2D eigenvalue weighted by atomic mass is 16.7. The minimum atomic E-state index is -0.696. The molecular weight excluding hydrogens is 564 g/mol. The molecule has 0 saturated heterocycles. The minimum Gasteiger partial charge on any atom is -0.508 e. The van der Waals surface area contributed by atoms with Crippen LogP contribution in [0.2, 0.25) is 0 Å². The molecule has 2 aromatic carbocycles. The SMILES string of the molecule is CC(=O)ON(C(=O)Nc1cccnc1)c1cccc(CCCCOCCCCCCNC[C@H](O)c2ccc(O)c(CO)c2)c1. The normalized spacial score (nSPS) is 11.6. The van der Waals surface area contributed by atoms with Crippen molar-refractivity contribution in [2.45, 2.75) is 64.6 Å². The van der Waals surface area contributed by atoms with Gasteiger partial charge in [-0.15, -0.1) is 5.06 Å². The van der Waals surface area contributed by atoms with E-state index in [0.717, 1.165) is 68.7 Å². The molecule has 3 rings (SSSR count). The standard InChI is InChI=1S/C33H44N4O7/c1-25(39)44-37(33(42)36-29-12-9-17-34-22-29)30-13-8-11-26(20-30)10-4-7-19-43-18-6-3-2-5-16-35-23-32(41)27-14-15-31(40)28(21-27)24-38/h8-9,11-15,17,20-22,32,35,38,40-41H,2-7,10,16,18-19,23-24H2,1H3,(H,36,42)/t32-/m0/s1. The number of aliphatic hydroxyl groups is 2. The van der Waals surface area contributed by atoms with Gasteiger partial charge in [0.25, 0.3) is 0 Å². The van der Waals surface area contributed by atoms with Gasteiger partial charge in [0.2, 0.25) is 0 Å². The number of phenols is 1. The summed E-state index contributed by atoms with van der Waals surface area (Å²) in [5, 5.41) is 36.1. The number of urea groups is 1. The van der Waals surface area contributed by atoms with E-state index in [4.69, 9.17) is 9.57 Å². The number of hydrogen-bond donors (Lipinski definition) is 5. The number of benzene rings is 2. The van der Waals surface area contributed by atoms with Gasteiger partial charge in [0.05, 0.1) is 30.3 Å². The summed E-state index contributed by atoms with van der Waals surface area (Å²) < 4.78 is 5.79. The number of amides is 2. The van der Waals surface area contributed by atoms with E-state index in [1.165, 1.54) is 19.2 Å². The first-order chi connectivity index (χ1) is 21.4. The first-order valence-electron chi connectivity index (χ1n) is 15.0. The van der Waals surface area contributed by atoms with Gasteiger partial charge in [-0.3, -0.25) is 4.98 Å². The number of hydroxylamine groups is 1. The molecule has 0 aliphatic heterocycles. The third-order valence-electron chi connectivity index (χ3n) is 6.85. The van der Waals surface area contributed by atoms with E-state index >= 15 is 0 Å². The smallest absolute Gasteiger partial charge is 0.359 e. The van der Waals surface area contributed by atoms with Gasteiger partial charge in [-0.2, -0.15) is 0 Å². The summed E-state index contributed by atoms with van der Waals surface area (Å²) in [6.45, 7) is 3.59. The monoisotopic (exact) mass is 608 g/mol. The molecule has 0 radical (unpaired) electrons. The number of hydrogen-bond acceptors (Lipinski definition) is 9. The van der Waals surface area contributed by atoms with Crippen molar-refractivity contribution in [3.8, 4) is 5.75 Å². The second kappa shape index (κ2) is 19.3. The van der Waals surface area contributed by atoms with Crippen molar-refractivity contribution >= 4 is 23.4 Å². The van der Waals surface area contributed by atoms with Gasteiger partial charge in [-0.25, -0.2) is 9.59 Å². The van der Waals surface area contributed by atoms with E-state index in [9.17, 15) is 24.9 Å². The molecule has 0 saturated carbocycles. The third-order valence-corrected chi connectivity index (χ3v) is 6.85. The van der Waals surface area contributed by atoms with Crippen LogP contribution in [-0.2, 0) is 27.4 Å². The number of aryl methyl sites for hydroxylation is 1. The number of unbranched alkanes of at least 4 members (excludes halogenated alkanes) is 4. The van der Waals surface area contributed by atoms with Gasteiger partial charge < -0.3 is 35.5 Å². The molecule has 11 heteroatoms. The van der Waals surface area contributed by atoms with Crippen LogP contribution in [0.3, 0.4) is 0 Å². The molecule has 11 nitrogen and oxygen atoms in total. The molecular formula is C33H44N4O7. The Kier molecular flexibility index (Phi) is 15.1. The van der Waals surface area contributed by atoms with E-state index in [1.54, 1.807) is 36.5 Å². The fourth-order valence-electron chi connectivity index (χ4n) is 4.53. The van der Waals surface area contributed by atoms with Crippen LogP contribution in [0, 0.1) is 0 Å². The second-order valence-corrected chi connectivity index (χ2v) is 10.5. The average Bonchev–Trinajstić information content (AvgIpc) is 3.02.